The Balaban J connectivity index is 1.53. The maximum Gasteiger partial charge on any atom is 0.317 e. The fourth-order valence-corrected chi connectivity index (χ4v) is 3.40. The molecule has 3 N–H and O–H groups in total. The van der Waals surface area contributed by atoms with Crippen molar-refractivity contribution in [1.29, 1.82) is 0 Å². The number of hydrogen-bond acceptors (Lipinski definition) is 4. The van der Waals surface area contributed by atoms with Crippen molar-refractivity contribution in [2.75, 3.05) is 20.2 Å². The van der Waals surface area contributed by atoms with Crippen LogP contribution in [0.2, 0.25) is 0 Å². The van der Waals surface area contributed by atoms with Crippen molar-refractivity contribution < 1.29 is 19.7 Å². The number of amides is 2. The minimum Gasteiger partial charge on any atom is -0.508 e. The normalized spacial score (nSPS) is 14.9. The average Bonchev–Trinajstić information content (AvgIpc) is 2.66. The van der Waals surface area contributed by atoms with E-state index in [4.69, 9.17) is 4.74 Å². The molecular weight excluding hydrogens is 332 g/mol. The Labute approximate surface area is 153 Å². The van der Waals surface area contributed by atoms with Gasteiger partial charge in [-0.3, -0.25) is 0 Å². The molecule has 2 amide bonds. The summed E-state index contributed by atoms with van der Waals surface area (Å²) in [5, 5.41) is 22.4. The molecule has 138 valence electrons. The first-order chi connectivity index (χ1) is 12.6. The van der Waals surface area contributed by atoms with Crippen LogP contribution in [0.1, 0.15) is 29.9 Å². The number of benzene rings is 2. The first-order valence-electron chi connectivity index (χ1n) is 8.75. The molecule has 0 saturated carbocycles. The Hall–Kier alpha value is -2.89. The summed E-state index contributed by atoms with van der Waals surface area (Å²) in [4.78, 5) is 14.2. The van der Waals surface area contributed by atoms with E-state index in [1.807, 2.05) is 24.3 Å². The third-order valence-electron chi connectivity index (χ3n) is 4.86. The minimum absolute atomic E-state index is 0.0550. The number of urea groups is 1. The van der Waals surface area contributed by atoms with Crippen LogP contribution >= 0.6 is 0 Å². The van der Waals surface area contributed by atoms with E-state index in [0.717, 1.165) is 29.7 Å². The molecule has 6 heteroatoms. The van der Waals surface area contributed by atoms with Crippen LogP contribution in [-0.2, 0) is 6.54 Å². The van der Waals surface area contributed by atoms with Gasteiger partial charge in [0.15, 0.2) is 0 Å². The van der Waals surface area contributed by atoms with Crippen molar-refractivity contribution in [2.45, 2.75) is 25.3 Å². The molecule has 0 atom stereocenters. The Morgan fingerprint density at radius 2 is 1.92 bits per heavy atom. The fourth-order valence-electron chi connectivity index (χ4n) is 3.40. The number of likely N-dealkylation sites (tertiary alicyclic amines) is 1. The average molecular weight is 356 g/mol. The smallest absolute Gasteiger partial charge is 0.317 e. The lowest BCUT2D eigenvalue weighted by molar-refractivity contribution is 0.180. The molecule has 2 aromatic carbocycles. The molecule has 1 aliphatic heterocycles. The number of phenols is 2. The predicted molar refractivity (Wildman–Crippen MR) is 98.5 cm³/mol. The minimum atomic E-state index is -0.0933. The van der Waals surface area contributed by atoms with Gasteiger partial charge in [-0.1, -0.05) is 24.3 Å². The second-order valence-electron chi connectivity index (χ2n) is 6.47. The number of hydrogen-bond donors (Lipinski definition) is 3. The highest BCUT2D eigenvalue weighted by Gasteiger charge is 2.25. The van der Waals surface area contributed by atoms with Crippen LogP contribution in [0.4, 0.5) is 4.79 Å². The van der Waals surface area contributed by atoms with E-state index < -0.39 is 0 Å². The molecule has 0 radical (unpaired) electrons. The zero-order valence-corrected chi connectivity index (χ0v) is 14.8. The topological polar surface area (TPSA) is 82.0 Å². The summed E-state index contributed by atoms with van der Waals surface area (Å²) in [6, 6.07) is 12.2. The first-order valence-corrected chi connectivity index (χ1v) is 8.75. The molecule has 0 unspecified atom stereocenters. The molecule has 0 aromatic heterocycles. The number of carbonyl (C=O) groups excluding carboxylic acids is 1. The lowest BCUT2D eigenvalue weighted by Crippen LogP contribution is -2.43. The van der Waals surface area contributed by atoms with E-state index in [2.05, 4.69) is 5.32 Å². The number of para-hydroxylation sites is 1. The molecule has 1 aliphatic rings. The van der Waals surface area contributed by atoms with Crippen molar-refractivity contribution in [3.8, 4) is 17.2 Å². The standard InChI is InChI=1S/C20H24N2O4/c1-26-19-5-3-2-4-15(19)13-21-20(25)22-10-8-14(9-11-22)17-7-6-16(23)12-18(17)24/h2-7,12,14,23-24H,8-11,13H2,1H3,(H,21,25). The number of phenolic OH excluding ortho intramolecular Hbond substituents is 2. The van der Waals surface area contributed by atoms with Gasteiger partial charge >= 0.3 is 6.03 Å². The lowest BCUT2D eigenvalue weighted by Gasteiger charge is -2.32. The van der Waals surface area contributed by atoms with E-state index in [0.29, 0.717) is 19.6 Å². The highest BCUT2D eigenvalue weighted by molar-refractivity contribution is 5.74. The summed E-state index contributed by atoms with van der Waals surface area (Å²) in [6.45, 7) is 1.67. The second kappa shape index (κ2) is 7.99. The molecule has 1 heterocycles. The molecule has 1 saturated heterocycles. The zero-order chi connectivity index (χ0) is 18.5. The molecule has 1 fully saturated rings. The van der Waals surface area contributed by atoms with Gasteiger partial charge in [-0.2, -0.15) is 0 Å². The number of methoxy groups -OCH3 is 1. The highest BCUT2D eigenvalue weighted by atomic mass is 16.5. The predicted octanol–water partition coefficient (Wildman–Crippen LogP) is 3.20. The summed E-state index contributed by atoms with van der Waals surface area (Å²) in [5.74, 6) is 1.12. The molecule has 2 aromatic rings. The Bertz CT molecular complexity index is 770. The van der Waals surface area contributed by atoms with Crippen molar-refractivity contribution in [1.82, 2.24) is 10.2 Å². The number of aromatic hydroxyl groups is 2. The highest BCUT2D eigenvalue weighted by Crippen LogP contribution is 2.35. The summed E-state index contributed by atoms with van der Waals surface area (Å²) in [7, 11) is 1.62. The van der Waals surface area contributed by atoms with Crippen molar-refractivity contribution >= 4 is 6.03 Å². The van der Waals surface area contributed by atoms with Crippen LogP contribution in [0.5, 0.6) is 17.2 Å². The number of rotatable bonds is 4. The monoisotopic (exact) mass is 356 g/mol. The third-order valence-corrected chi connectivity index (χ3v) is 4.86. The third kappa shape index (κ3) is 4.02. The number of nitrogens with one attached hydrogen (secondary N) is 1. The Kier molecular flexibility index (Phi) is 5.51. The summed E-state index contributed by atoms with van der Waals surface area (Å²) < 4.78 is 5.30. The van der Waals surface area contributed by atoms with Crippen LogP contribution in [0.3, 0.4) is 0 Å². The first kappa shape index (κ1) is 17.9. The fraction of sp³-hybridized carbons (Fsp3) is 0.350. The second-order valence-corrected chi connectivity index (χ2v) is 6.47. The maximum absolute atomic E-state index is 12.4. The van der Waals surface area contributed by atoms with E-state index >= 15 is 0 Å². The molecule has 0 bridgehead atoms. The SMILES string of the molecule is COc1ccccc1CNC(=O)N1CCC(c2ccc(O)cc2O)CC1. The van der Waals surface area contributed by atoms with Crippen LogP contribution in [0.25, 0.3) is 0 Å². The van der Waals surface area contributed by atoms with E-state index in [1.54, 1.807) is 24.1 Å². The summed E-state index contributed by atoms with van der Waals surface area (Å²) >= 11 is 0. The quantitative estimate of drug-likeness (QED) is 0.786. The van der Waals surface area contributed by atoms with Crippen molar-refractivity contribution in [3.63, 3.8) is 0 Å². The largest absolute Gasteiger partial charge is 0.508 e. The van der Waals surface area contributed by atoms with E-state index in [1.165, 1.54) is 6.07 Å². The van der Waals surface area contributed by atoms with Crippen molar-refractivity contribution in [2.24, 2.45) is 0 Å². The number of ether oxygens (including phenoxy) is 1. The van der Waals surface area contributed by atoms with E-state index in [9.17, 15) is 15.0 Å². The van der Waals surface area contributed by atoms with Gasteiger partial charge in [-0.15, -0.1) is 0 Å². The van der Waals surface area contributed by atoms with Crippen LogP contribution in [0, 0.1) is 0 Å². The molecule has 3 rings (SSSR count). The molecule has 26 heavy (non-hydrogen) atoms. The molecular formula is C20H24N2O4. The lowest BCUT2D eigenvalue weighted by atomic mass is 9.89. The molecule has 6 nitrogen and oxygen atoms in total. The van der Waals surface area contributed by atoms with Crippen LogP contribution in [-0.4, -0.2) is 41.3 Å². The molecule has 0 spiro atoms. The molecule has 0 aliphatic carbocycles. The van der Waals surface area contributed by atoms with Crippen LogP contribution < -0.4 is 10.1 Å². The maximum atomic E-state index is 12.4. The van der Waals surface area contributed by atoms with Gasteiger partial charge in [-0.05, 0) is 36.5 Å². The van der Waals surface area contributed by atoms with Gasteiger partial charge in [0.2, 0.25) is 0 Å². The van der Waals surface area contributed by atoms with Gasteiger partial charge in [0, 0.05) is 31.3 Å². The van der Waals surface area contributed by atoms with Gasteiger partial charge < -0.3 is 25.2 Å². The van der Waals surface area contributed by atoms with E-state index in [-0.39, 0.29) is 23.4 Å². The van der Waals surface area contributed by atoms with Crippen molar-refractivity contribution in [3.05, 3.63) is 53.6 Å². The number of carbonyl (C=O) groups is 1. The Morgan fingerprint density at radius 3 is 2.62 bits per heavy atom. The van der Waals surface area contributed by atoms with Crippen LogP contribution in [0.15, 0.2) is 42.5 Å². The summed E-state index contributed by atoms with van der Waals surface area (Å²) in [6.07, 6.45) is 1.56. The Morgan fingerprint density at radius 1 is 1.19 bits per heavy atom. The van der Waals surface area contributed by atoms with Gasteiger partial charge in [0.1, 0.15) is 17.2 Å². The zero-order valence-electron chi connectivity index (χ0n) is 14.8. The van der Waals surface area contributed by atoms with Gasteiger partial charge in [-0.25, -0.2) is 4.79 Å². The number of piperidine rings is 1. The number of nitrogens with zero attached hydrogens (tertiary/aromatic N) is 1. The van der Waals surface area contributed by atoms with Gasteiger partial charge in [0.25, 0.3) is 0 Å². The summed E-state index contributed by atoms with van der Waals surface area (Å²) in [5.41, 5.74) is 1.77. The van der Waals surface area contributed by atoms with Gasteiger partial charge in [0.05, 0.1) is 7.11 Å².